The minimum Gasteiger partial charge on any atom is -0.351 e. The molecule has 1 saturated carbocycles. The van der Waals surface area contributed by atoms with Gasteiger partial charge in [0.15, 0.2) is 5.65 Å². The van der Waals surface area contributed by atoms with E-state index in [4.69, 9.17) is 0 Å². The van der Waals surface area contributed by atoms with E-state index in [1.807, 2.05) is 0 Å². The van der Waals surface area contributed by atoms with Crippen molar-refractivity contribution in [3.05, 3.63) is 52.7 Å². The Balaban J connectivity index is 1.52. The van der Waals surface area contributed by atoms with E-state index < -0.39 is 0 Å². The molecule has 0 bridgehead atoms. The van der Waals surface area contributed by atoms with Crippen LogP contribution in [0.25, 0.3) is 11.7 Å². The van der Waals surface area contributed by atoms with Crippen molar-refractivity contribution in [1.29, 1.82) is 0 Å². The number of hydrogen-bond donors (Lipinski definition) is 3. The average Bonchev–Trinajstić information content (AvgIpc) is 3.37. The second-order valence-electron chi connectivity index (χ2n) is 8.13. The zero-order valence-electron chi connectivity index (χ0n) is 17.3. The van der Waals surface area contributed by atoms with Crippen molar-refractivity contribution in [2.45, 2.75) is 45.2 Å². The molecule has 3 aromatic rings. The Morgan fingerprint density at radius 1 is 1.19 bits per heavy atom. The van der Waals surface area contributed by atoms with Gasteiger partial charge in [0.25, 0.3) is 5.91 Å². The quantitative estimate of drug-likeness (QED) is 0.417. The van der Waals surface area contributed by atoms with Crippen LogP contribution >= 0.6 is 0 Å². The molecular weight excluding hydrogens is 394 g/mol. The molecule has 2 aliphatic rings. The minimum atomic E-state index is -0.374. The van der Waals surface area contributed by atoms with Gasteiger partial charge in [0.2, 0.25) is 17.8 Å². The lowest BCUT2D eigenvalue weighted by molar-refractivity contribution is -0.124. The molecule has 0 unspecified atom stereocenters. The molecule has 2 aromatic heterocycles. The Hall–Kier alpha value is -3.75. The monoisotopic (exact) mass is 417 g/mol. The van der Waals surface area contributed by atoms with Crippen molar-refractivity contribution in [3.63, 3.8) is 0 Å². The highest BCUT2D eigenvalue weighted by molar-refractivity contribution is 6.15. The Morgan fingerprint density at radius 3 is 2.65 bits per heavy atom. The smallest absolute Gasteiger partial charge is 0.254 e. The van der Waals surface area contributed by atoms with E-state index in [0.717, 1.165) is 18.4 Å². The van der Waals surface area contributed by atoms with Gasteiger partial charge >= 0.3 is 0 Å². The number of anilines is 2. The first-order valence-electron chi connectivity index (χ1n) is 10.4. The van der Waals surface area contributed by atoms with Gasteiger partial charge in [-0.15, -0.1) is 0 Å². The van der Waals surface area contributed by atoms with Gasteiger partial charge in [-0.1, -0.05) is 29.8 Å². The number of carbonyl (C=O) groups excluding carboxylic acids is 2. The predicted molar refractivity (Wildman–Crippen MR) is 116 cm³/mol. The molecule has 1 aromatic carbocycles. The van der Waals surface area contributed by atoms with Crippen LogP contribution in [0.15, 0.2) is 36.0 Å². The molecule has 158 valence electrons. The lowest BCUT2D eigenvalue weighted by Crippen LogP contribution is -2.19. The second-order valence-corrected chi connectivity index (χ2v) is 8.13. The van der Waals surface area contributed by atoms with Gasteiger partial charge < -0.3 is 10.6 Å². The van der Waals surface area contributed by atoms with Crippen LogP contribution in [0.3, 0.4) is 0 Å². The lowest BCUT2D eigenvalue weighted by Gasteiger charge is -2.16. The third kappa shape index (κ3) is 3.98. The number of fused-ring (bicyclic) bond motifs is 1. The molecule has 1 atom stereocenters. The van der Waals surface area contributed by atoms with Crippen LogP contribution in [0.4, 0.5) is 11.9 Å². The SMILES string of the molecule is Cc1ccc([C@@H](C)Nc2nc(NC3CC3)n3ncc(/C=C4\CC(=O)NC4=O)c3n2)cc1. The topological polar surface area (TPSA) is 113 Å². The van der Waals surface area contributed by atoms with E-state index in [-0.39, 0.29) is 24.3 Å². The summed E-state index contributed by atoms with van der Waals surface area (Å²) in [5.74, 6) is 0.396. The van der Waals surface area contributed by atoms with Crippen molar-refractivity contribution in [2.24, 2.45) is 0 Å². The van der Waals surface area contributed by atoms with Gasteiger partial charge in [-0.2, -0.15) is 19.6 Å². The normalized spacial score (nSPS) is 18.5. The van der Waals surface area contributed by atoms with Gasteiger partial charge in [0, 0.05) is 17.2 Å². The fourth-order valence-corrected chi connectivity index (χ4v) is 3.51. The fourth-order valence-electron chi connectivity index (χ4n) is 3.51. The molecule has 0 radical (unpaired) electrons. The third-order valence-electron chi connectivity index (χ3n) is 5.45. The molecule has 3 N–H and O–H groups in total. The Bertz CT molecular complexity index is 1210. The Morgan fingerprint density at radius 2 is 1.97 bits per heavy atom. The molecule has 5 rings (SSSR count). The van der Waals surface area contributed by atoms with E-state index in [1.54, 1.807) is 16.8 Å². The maximum atomic E-state index is 12.0. The maximum absolute atomic E-state index is 12.0. The molecule has 9 heteroatoms. The summed E-state index contributed by atoms with van der Waals surface area (Å²) in [7, 11) is 0. The molecule has 31 heavy (non-hydrogen) atoms. The molecule has 2 amide bonds. The van der Waals surface area contributed by atoms with Crippen molar-refractivity contribution in [2.75, 3.05) is 10.6 Å². The number of imide groups is 1. The largest absolute Gasteiger partial charge is 0.351 e. The number of hydrogen-bond acceptors (Lipinski definition) is 7. The molecule has 1 aliphatic carbocycles. The first-order valence-corrected chi connectivity index (χ1v) is 10.4. The van der Waals surface area contributed by atoms with Crippen molar-refractivity contribution < 1.29 is 9.59 Å². The third-order valence-corrected chi connectivity index (χ3v) is 5.45. The molecule has 1 aliphatic heterocycles. The van der Waals surface area contributed by atoms with Crippen LogP contribution in [0.5, 0.6) is 0 Å². The van der Waals surface area contributed by atoms with Crippen molar-refractivity contribution in [3.8, 4) is 0 Å². The fraction of sp³-hybridized carbons (Fsp3) is 0.318. The first-order chi connectivity index (χ1) is 15.0. The molecule has 2 fully saturated rings. The number of benzene rings is 1. The Kier molecular flexibility index (Phi) is 4.65. The highest BCUT2D eigenvalue weighted by Crippen LogP contribution is 2.27. The summed E-state index contributed by atoms with van der Waals surface area (Å²) >= 11 is 0. The second kappa shape index (κ2) is 7.50. The van der Waals surface area contributed by atoms with Gasteiger partial charge in [0.05, 0.1) is 18.7 Å². The molecule has 9 nitrogen and oxygen atoms in total. The number of amides is 2. The van der Waals surface area contributed by atoms with Gasteiger partial charge in [-0.05, 0) is 38.3 Å². The molecule has 0 spiro atoms. The maximum Gasteiger partial charge on any atom is 0.254 e. The summed E-state index contributed by atoms with van der Waals surface area (Å²) in [6.45, 7) is 4.11. The first kappa shape index (κ1) is 19.2. The van der Waals surface area contributed by atoms with E-state index in [0.29, 0.717) is 34.7 Å². The highest BCUT2D eigenvalue weighted by atomic mass is 16.2. The zero-order valence-corrected chi connectivity index (χ0v) is 17.3. The average molecular weight is 417 g/mol. The number of carbonyl (C=O) groups is 2. The number of aryl methyl sites for hydroxylation is 1. The summed E-state index contributed by atoms with van der Waals surface area (Å²) in [6.07, 6.45) is 5.55. The summed E-state index contributed by atoms with van der Waals surface area (Å²) in [5, 5.41) is 13.5. The summed E-state index contributed by atoms with van der Waals surface area (Å²) in [5.41, 5.74) is 3.96. The standard InChI is InChI=1S/C22H23N7O2/c1-12-3-5-14(6-4-12)13(2)24-21-27-19-16(9-15-10-18(30)26-20(15)31)11-23-29(19)22(28-21)25-17-7-8-17/h3-6,9,11,13,17H,7-8,10H2,1-2H3,(H,26,30,31)(H2,24,25,27,28)/b15-9+/t13-/m1/s1. The van der Waals surface area contributed by atoms with Crippen LogP contribution in [-0.2, 0) is 9.59 Å². The summed E-state index contributed by atoms with van der Waals surface area (Å²) < 4.78 is 1.64. The molecular formula is C22H23N7O2. The highest BCUT2D eigenvalue weighted by Gasteiger charge is 2.26. The zero-order chi connectivity index (χ0) is 21.5. The van der Waals surface area contributed by atoms with Crippen molar-refractivity contribution in [1.82, 2.24) is 24.9 Å². The molecule has 3 heterocycles. The Labute approximate surface area is 179 Å². The van der Waals surface area contributed by atoms with E-state index in [1.165, 1.54) is 5.56 Å². The summed E-state index contributed by atoms with van der Waals surface area (Å²) in [6, 6.07) is 8.70. The van der Waals surface area contributed by atoms with Gasteiger partial charge in [-0.3, -0.25) is 14.9 Å². The van der Waals surface area contributed by atoms with E-state index >= 15 is 0 Å². The van der Waals surface area contributed by atoms with Gasteiger partial charge in [-0.25, -0.2) is 0 Å². The minimum absolute atomic E-state index is 0.000202. The van der Waals surface area contributed by atoms with Crippen molar-refractivity contribution >= 4 is 35.4 Å². The van der Waals surface area contributed by atoms with Crippen LogP contribution in [0.2, 0.25) is 0 Å². The van der Waals surface area contributed by atoms with Crippen LogP contribution in [-0.4, -0.2) is 37.4 Å². The number of nitrogens with zero attached hydrogens (tertiary/aromatic N) is 4. The number of aromatic nitrogens is 4. The van der Waals surface area contributed by atoms with Crippen LogP contribution in [0, 0.1) is 6.92 Å². The summed E-state index contributed by atoms with van der Waals surface area (Å²) in [4.78, 5) is 32.8. The van der Waals surface area contributed by atoms with Crippen LogP contribution in [0.1, 0.15) is 48.9 Å². The van der Waals surface area contributed by atoms with E-state index in [2.05, 4.69) is 69.1 Å². The van der Waals surface area contributed by atoms with E-state index in [9.17, 15) is 9.59 Å². The number of rotatable bonds is 6. The van der Waals surface area contributed by atoms with Gasteiger partial charge in [0.1, 0.15) is 0 Å². The molecule has 1 saturated heterocycles. The number of nitrogens with one attached hydrogen (secondary N) is 3. The lowest BCUT2D eigenvalue weighted by atomic mass is 10.1. The predicted octanol–water partition coefficient (Wildman–Crippen LogP) is 2.61. The van der Waals surface area contributed by atoms with Crippen LogP contribution < -0.4 is 16.0 Å².